The Morgan fingerprint density at radius 2 is 2.19 bits per heavy atom. The number of amides is 3. The number of nitrogens with zero attached hydrogens (tertiary/aromatic N) is 1. The van der Waals surface area contributed by atoms with Crippen molar-refractivity contribution in [3.8, 4) is 0 Å². The Labute approximate surface area is 124 Å². The number of urea groups is 1. The van der Waals surface area contributed by atoms with E-state index in [1.165, 1.54) is 5.56 Å². The summed E-state index contributed by atoms with van der Waals surface area (Å²) in [4.78, 5) is 25.5. The topological polar surface area (TPSA) is 87.5 Å². The fourth-order valence-electron chi connectivity index (χ4n) is 2.58. The molecule has 0 fully saturated rings. The summed E-state index contributed by atoms with van der Waals surface area (Å²) in [6.45, 7) is 5.53. The molecule has 6 nitrogen and oxygen atoms in total. The predicted octanol–water partition coefficient (Wildman–Crippen LogP) is 0.861. The van der Waals surface area contributed by atoms with Gasteiger partial charge in [0, 0.05) is 25.3 Å². The molecule has 4 N–H and O–H groups in total. The SMILES string of the molecule is CCNC(=O)NC(=O)C(C)N1CCc2c(N)cccc2C1. The first-order valence-electron chi connectivity index (χ1n) is 7.22. The molecule has 0 radical (unpaired) electrons. The van der Waals surface area contributed by atoms with Gasteiger partial charge in [-0.25, -0.2) is 4.79 Å². The van der Waals surface area contributed by atoms with Gasteiger partial charge in [0.15, 0.2) is 0 Å². The highest BCUT2D eigenvalue weighted by Gasteiger charge is 2.26. The third-order valence-corrected chi connectivity index (χ3v) is 3.83. The number of nitrogen functional groups attached to an aromatic ring is 1. The Hall–Kier alpha value is -2.08. The Bertz CT molecular complexity index is 544. The molecule has 21 heavy (non-hydrogen) atoms. The Morgan fingerprint density at radius 3 is 2.90 bits per heavy atom. The van der Waals surface area contributed by atoms with Gasteiger partial charge in [0.25, 0.3) is 0 Å². The number of hydrogen-bond donors (Lipinski definition) is 3. The third-order valence-electron chi connectivity index (χ3n) is 3.83. The molecule has 1 unspecified atom stereocenters. The molecule has 0 aromatic heterocycles. The number of hydrogen-bond acceptors (Lipinski definition) is 4. The van der Waals surface area contributed by atoms with Crippen LogP contribution in [0.3, 0.4) is 0 Å². The van der Waals surface area contributed by atoms with Crippen molar-refractivity contribution < 1.29 is 9.59 Å². The number of carbonyl (C=O) groups excluding carboxylic acids is 2. The standard InChI is InChI=1S/C15H22N4O2/c1-3-17-15(21)18-14(20)10(2)19-8-7-12-11(9-19)5-4-6-13(12)16/h4-6,10H,3,7-9,16H2,1-2H3,(H2,17,18,20,21). The van der Waals surface area contributed by atoms with E-state index in [-0.39, 0.29) is 11.9 Å². The number of nitrogens with two attached hydrogens (primary N) is 1. The summed E-state index contributed by atoms with van der Waals surface area (Å²) in [5.41, 5.74) is 9.11. The maximum Gasteiger partial charge on any atom is 0.321 e. The molecule has 1 atom stereocenters. The van der Waals surface area contributed by atoms with Crippen LogP contribution in [-0.4, -0.2) is 36.0 Å². The van der Waals surface area contributed by atoms with E-state index in [1.807, 2.05) is 25.1 Å². The van der Waals surface area contributed by atoms with Crippen LogP contribution in [-0.2, 0) is 17.8 Å². The van der Waals surface area contributed by atoms with Crippen molar-refractivity contribution in [3.63, 3.8) is 0 Å². The summed E-state index contributed by atoms with van der Waals surface area (Å²) in [7, 11) is 0. The van der Waals surface area contributed by atoms with E-state index in [9.17, 15) is 9.59 Å². The lowest BCUT2D eigenvalue weighted by molar-refractivity contribution is -0.125. The summed E-state index contributed by atoms with van der Waals surface area (Å²) < 4.78 is 0. The van der Waals surface area contributed by atoms with Crippen LogP contribution in [0.2, 0.25) is 0 Å². The van der Waals surface area contributed by atoms with Gasteiger partial charge in [-0.05, 0) is 37.5 Å². The number of fused-ring (bicyclic) bond motifs is 1. The first-order valence-corrected chi connectivity index (χ1v) is 7.22. The lowest BCUT2D eigenvalue weighted by Gasteiger charge is -2.33. The van der Waals surface area contributed by atoms with Gasteiger partial charge in [0.1, 0.15) is 0 Å². The molecule has 0 saturated carbocycles. The molecule has 6 heteroatoms. The van der Waals surface area contributed by atoms with Crippen LogP contribution in [0.4, 0.5) is 10.5 Å². The van der Waals surface area contributed by atoms with Crippen molar-refractivity contribution >= 4 is 17.6 Å². The van der Waals surface area contributed by atoms with Gasteiger partial charge < -0.3 is 11.1 Å². The van der Waals surface area contributed by atoms with Gasteiger partial charge >= 0.3 is 6.03 Å². The average molecular weight is 290 g/mol. The molecule has 0 spiro atoms. The number of rotatable bonds is 3. The van der Waals surface area contributed by atoms with Gasteiger partial charge in [-0.2, -0.15) is 0 Å². The second-order valence-electron chi connectivity index (χ2n) is 5.23. The minimum absolute atomic E-state index is 0.284. The number of nitrogens with one attached hydrogen (secondary N) is 2. The molecule has 2 rings (SSSR count). The van der Waals surface area contributed by atoms with Gasteiger partial charge in [-0.15, -0.1) is 0 Å². The molecule has 0 bridgehead atoms. The Morgan fingerprint density at radius 1 is 1.43 bits per heavy atom. The summed E-state index contributed by atoms with van der Waals surface area (Å²) >= 11 is 0. The van der Waals surface area contributed by atoms with E-state index < -0.39 is 6.03 Å². The normalized spacial score (nSPS) is 15.9. The highest BCUT2D eigenvalue weighted by atomic mass is 16.2. The smallest absolute Gasteiger partial charge is 0.321 e. The molecular weight excluding hydrogens is 268 g/mol. The van der Waals surface area contributed by atoms with Crippen molar-refractivity contribution in [2.75, 3.05) is 18.8 Å². The third kappa shape index (κ3) is 3.52. The molecule has 1 aliphatic heterocycles. The Kier molecular flexibility index (Phi) is 4.80. The summed E-state index contributed by atoms with van der Waals surface area (Å²) in [6, 6.07) is 5.06. The molecule has 3 amide bonds. The van der Waals surface area contributed by atoms with Crippen LogP contribution in [0.15, 0.2) is 18.2 Å². The van der Waals surface area contributed by atoms with Crippen molar-refractivity contribution in [1.82, 2.24) is 15.5 Å². The van der Waals surface area contributed by atoms with E-state index >= 15 is 0 Å². The molecule has 1 aliphatic rings. The zero-order valence-electron chi connectivity index (χ0n) is 12.5. The highest BCUT2D eigenvalue weighted by Crippen LogP contribution is 2.25. The quantitative estimate of drug-likeness (QED) is 0.721. The van der Waals surface area contributed by atoms with Gasteiger partial charge in [0.05, 0.1) is 6.04 Å². The van der Waals surface area contributed by atoms with Gasteiger partial charge in [0.2, 0.25) is 5.91 Å². The van der Waals surface area contributed by atoms with Crippen molar-refractivity contribution in [3.05, 3.63) is 29.3 Å². The van der Waals surface area contributed by atoms with Crippen molar-refractivity contribution in [1.29, 1.82) is 0 Å². The van der Waals surface area contributed by atoms with Crippen LogP contribution in [0, 0.1) is 0 Å². The minimum atomic E-state index is -0.448. The lowest BCUT2D eigenvalue weighted by Crippen LogP contribution is -2.50. The molecule has 1 aromatic carbocycles. The van der Waals surface area contributed by atoms with E-state index in [1.54, 1.807) is 6.92 Å². The van der Waals surface area contributed by atoms with E-state index in [2.05, 4.69) is 15.5 Å². The molecule has 1 heterocycles. The fourth-order valence-corrected chi connectivity index (χ4v) is 2.58. The zero-order valence-corrected chi connectivity index (χ0v) is 12.5. The average Bonchev–Trinajstić information content (AvgIpc) is 2.46. The zero-order chi connectivity index (χ0) is 15.4. The fraction of sp³-hybridized carbons (Fsp3) is 0.467. The second-order valence-corrected chi connectivity index (χ2v) is 5.23. The summed E-state index contributed by atoms with van der Waals surface area (Å²) in [5, 5.41) is 4.91. The van der Waals surface area contributed by atoms with Crippen LogP contribution < -0.4 is 16.4 Å². The van der Waals surface area contributed by atoms with Gasteiger partial charge in [-0.3, -0.25) is 15.0 Å². The van der Waals surface area contributed by atoms with E-state index in [0.717, 1.165) is 24.2 Å². The predicted molar refractivity (Wildman–Crippen MR) is 81.6 cm³/mol. The molecule has 0 aliphatic carbocycles. The maximum atomic E-state index is 12.1. The number of imide groups is 1. The minimum Gasteiger partial charge on any atom is -0.398 e. The number of carbonyl (C=O) groups is 2. The molecule has 1 aromatic rings. The lowest BCUT2D eigenvalue weighted by atomic mass is 9.97. The van der Waals surface area contributed by atoms with Crippen LogP contribution in [0.25, 0.3) is 0 Å². The Balaban J connectivity index is 2.00. The second kappa shape index (κ2) is 6.58. The van der Waals surface area contributed by atoms with Crippen LogP contribution in [0.5, 0.6) is 0 Å². The largest absolute Gasteiger partial charge is 0.398 e. The monoisotopic (exact) mass is 290 g/mol. The van der Waals surface area contributed by atoms with Crippen LogP contribution in [0.1, 0.15) is 25.0 Å². The van der Waals surface area contributed by atoms with Crippen LogP contribution >= 0.6 is 0 Å². The van der Waals surface area contributed by atoms with E-state index in [0.29, 0.717) is 13.1 Å². The first kappa shape index (κ1) is 15.3. The number of benzene rings is 1. The first-order chi connectivity index (χ1) is 10.0. The summed E-state index contributed by atoms with van der Waals surface area (Å²) in [5.74, 6) is -0.284. The maximum absolute atomic E-state index is 12.1. The van der Waals surface area contributed by atoms with Crippen molar-refractivity contribution in [2.24, 2.45) is 0 Å². The number of anilines is 1. The van der Waals surface area contributed by atoms with E-state index in [4.69, 9.17) is 5.73 Å². The molecule has 0 saturated heterocycles. The highest BCUT2D eigenvalue weighted by molar-refractivity contribution is 5.96. The van der Waals surface area contributed by atoms with Gasteiger partial charge in [-0.1, -0.05) is 12.1 Å². The molecule has 114 valence electrons. The van der Waals surface area contributed by atoms with Crippen molar-refractivity contribution in [2.45, 2.75) is 32.9 Å². The summed E-state index contributed by atoms with van der Waals surface area (Å²) in [6.07, 6.45) is 0.820. The molecular formula is C15H22N4O2.